The van der Waals surface area contributed by atoms with E-state index < -0.39 is 90.7 Å². The highest BCUT2D eigenvalue weighted by Gasteiger charge is 2.50. The normalized spacial score (nSPS) is 22.0. The molecule has 1 aliphatic heterocycles. The summed E-state index contributed by atoms with van der Waals surface area (Å²) in [5.74, 6) is -1.28. The maximum absolute atomic E-state index is 12.7. The molecule has 1 saturated heterocycles. The summed E-state index contributed by atoms with van der Waals surface area (Å²) in [6.45, 7) is 2.18. The Morgan fingerprint density at radius 1 is 1.05 bits per heavy atom. The molecule has 59 heavy (non-hydrogen) atoms. The van der Waals surface area contributed by atoms with Gasteiger partial charge in [0.2, 0.25) is 11.8 Å². The molecule has 0 aliphatic carbocycles. The third-order valence-corrected chi connectivity index (χ3v) is 12.0. The molecule has 0 spiro atoms. The van der Waals surface area contributed by atoms with Gasteiger partial charge in [0, 0.05) is 37.1 Å². The number of phosphoric ester groups is 3. The lowest BCUT2D eigenvalue weighted by Crippen LogP contribution is -2.46. The summed E-state index contributed by atoms with van der Waals surface area (Å²) in [7, 11) is -16.4. The van der Waals surface area contributed by atoms with Gasteiger partial charge in [-0.2, -0.15) is 4.31 Å². The summed E-state index contributed by atoms with van der Waals surface area (Å²) >= 11 is 0.944. The Balaban J connectivity index is 1.44. The Morgan fingerprint density at radius 2 is 1.75 bits per heavy atom. The fourth-order valence-electron chi connectivity index (χ4n) is 5.06. The first-order valence-corrected chi connectivity index (χ1v) is 23.0. The van der Waals surface area contributed by atoms with Crippen LogP contribution in [0.1, 0.15) is 46.3 Å². The number of ether oxygens (including phenoxy) is 1. The molecular formula is C30H48N7O18P3S. The van der Waals surface area contributed by atoms with Gasteiger partial charge in [0.25, 0.3) is 0 Å². The van der Waals surface area contributed by atoms with E-state index >= 15 is 0 Å². The number of aromatic nitrogens is 4. The van der Waals surface area contributed by atoms with Crippen molar-refractivity contribution in [1.29, 1.82) is 0 Å². The molecule has 8 unspecified atom stereocenters. The van der Waals surface area contributed by atoms with Gasteiger partial charge in [0.15, 0.2) is 22.8 Å². The zero-order valence-electron chi connectivity index (χ0n) is 31.8. The van der Waals surface area contributed by atoms with Gasteiger partial charge in [0.05, 0.1) is 25.6 Å². The molecule has 3 heterocycles. The van der Waals surface area contributed by atoms with E-state index in [2.05, 4.69) is 34.4 Å². The number of aliphatic hydroxyl groups excluding tert-OH is 3. The van der Waals surface area contributed by atoms with E-state index in [0.29, 0.717) is 6.42 Å². The van der Waals surface area contributed by atoms with Crippen LogP contribution in [0.25, 0.3) is 11.2 Å². The maximum Gasteiger partial charge on any atom is 0.481 e. The minimum Gasteiger partial charge on any atom is -0.392 e. The number of thioether (sulfide) groups is 1. The number of anilines is 1. The fraction of sp³-hybridized carbons (Fsp3) is 0.600. The fourth-order valence-corrected chi connectivity index (χ4v) is 8.63. The summed E-state index contributed by atoms with van der Waals surface area (Å²) < 4.78 is 62.1. The van der Waals surface area contributed by atoms with Crippen LogP contribution >= 0.6 is 35.2 Å². The van der Waals surface area contributed by atoms with Crippen LogP contribution in [0.4, 0.5) is 5.82 Å². The Morgan fingerprint density at radius 3 is 2.42 bits per heavy atom. The van der Waals surface area contributed by atoms with Crippen molar-refractivity contribution < 1.29 is 85.6 Å². The molecule has 3 rings (SSSR count). The lowest BCUT2D eigenvalue weighted by atomic mass is 9.87. The number of hydrogen-bond acceptors (Lipinski definition) is 19. The molecule has 0 aromatic carbocycles. The molecule has 332 valence electrons. The first-order chi connectivity index (χ1) is 27.4. The van der Waals surface area contributed by atoms with Crippen molar-refractivity contribution in [2.24, 2.45) is 5.41 Å². The number of amides is 2. The molecular weight excluding hydrogens is 871 g/mol. The van der Waals surface area contributed by atoms with Crippen LogP contribution in [0.15, 0.2) is 37.0 Å². The first-order valence-electron chi connectivity index (χ1n) is 17.5. The van der Waals surface area contributed by atoms with Gasteiger partial charge < -0.3 is 56.0 Å². The van der Waals surface area contributed by atoms with Crippen LogP contribution in [0.5, 0.6) is 0 Å². The van der Waals surface area contributed by atoms with Crippen LogP contribution in [-0.4, -0.2) is 134 Å². The van der Waals surface area contributed by atoms with Crippen molar-refractivity contribution in [2.75, 3.05) is 37.8 Å². The van der Waals surface area contributed by atoms with E-state index in [1.807, 2.05) is 13.0 Å². The molecule has 1 fully saturated rings. The Labute approximate surface area is 341 Å². The van der Waals surface area contributed by atoms with Crippen LogP contribution in [0.3, 0.4) is 0 Å². The van der Waals surface area contributed by atoms with Gasteiger partial charge in [-0.05, 0) is 13.3 Å². The van der Waals surface area contributed by atoms with E-state index in [9.17, 15) is 63.0 Å². The number of nitrogens with zero attached hydrogens (tertiary/aromatic N) is 4. The van der Waals surface area contributed by atoms with E-state index in [-0.39, 0.29) is 53.8 Å². The SMILES string of the molecule is C/C=C/C=C/CC(O)CC(=O)SCCNC(=O)CCNC(=O)C(O)C(C)(C)COP(=O)(O)OP(=O)(O)OCC1OC(n2cnc3c(N)ncnc32)C(O)C1OP(=O)(O)O. The predicted octanol–water partition coefficient (Wildman–Crippen LogP) is -0.0619. The van der Waals surface area contributed by atoms with E-state index in [1.54, 1.807) is 18.2 Å². The zero-order valence-corrected chi connectivity index (χ0v) is 35.3. The predicted molar refractivity (Wildman–Crippen MR) is 206 cm³/mol. The smallest absolute Gasteiger partial charge is 0.392 e. The second-order valence-corrected chi connectivity index (χ2v) is 18.7. The summed E-state index contributed by atoms with van der Waals surface area (Å²) in [5.41, 5.74) is 4.23. The standard InChI is InChI=1S/C30H48N7O18P3S/c1-4-5-6-7-8-18(38)13-21(40)59-12-11-32-20(39)9-10-33-28(43)25(42)30(2,3)15-52-58(49,50)55-57(47,48)51-14-19-24(54-56(44,45)46)23(41)29(53-19)37-17-36-22-26(31)34-16-35-27(22)37/h4-7,16-19,23-25,29,38,41-42H,8-15H2,1-3H3,(H,32,39)(H,33,43)(H,47,48)(H,49,50)(H2,31,34,35)(H2,44,45,46)/b5-4+,7-6+. The topological polar surface area (TPSA) is 384 Å². The van der Waals surface area contributed by atoms with Crippen LogP contribution in [0, 0.1) is 5.41 Å². The largest absolute Gasteiger partial charge is 0.481 e. The lowest BCUT2D eigenvalue weighted by Gasteiger charge is -2.30. The number of imidazole rings is 1. The number of fused-ring (bicyclic) bond motifs is 1. The van der Waals surface area contributed by atoms with Crippen molar-refractivity contribution in [3.8, 4) is 0 Å². The van der Waals surface area contributed by atoms with Crippen molar-refractivity contribution in [3.05, 3.63) is 37.0 Å². The van der Waals surface area contributed by atoms with Crippen molar-refractivity contribution in [2.45, 2.75) is 76.8 Å². The van der Waals surface area contributed by atoms with Crippen molar-refractivity contribution in [3.63, 3.8) is 0 Å². The van der Waals surface area contributed by atoms with E-state index in [1.165, 1.54) is 13.8 Å². The Hall–Kier alpha value is -3.00. The zero-order chi connectivity index (χ0) is 44.2. The van der Waals surface area contributed by atoms with Crippen LogP contribution < -0.4 is 16.4 Å². The third-order valence-electron chi connectivity index (χ3n) is 8.01. The summed E-state index contributed by atoms with van der Waals surface area (Å²) in [4.78, 5) is 87.7. The molecule has 2 amide bonds. The average molecular weight is 920 g/mol. The highest BCUT2D eigenvalue weighted by atomic mass is 32.2. The van der Waals surface area contributed by atoms with Crippen LogP contribution in [-0.2, 0) is 50.7 Å². The van der Waals surface area contributed by atoms with Gasteiger partial charge in [0.1, 0.15) is 36.3 Å². The lowest BCUT2D eigenvalue weighted by molar-refractivity contribution is -0.137. The molecule has 1 aliphatic rings. The number of nitrogens with one attached hydrogen (secondary N) is 2. The molecule has 29 heteroatoms. The number of aliphatic hydroxyl groups is 3. The second kappa shape index (κ2) is 22.2. The summed E-state index contributed by atoms with van der Waals surface area (Å²) in [6.07, 6.45) is -0.473. The molecule has 0 radical (unpaired) electrons. The number of hydrogen-bond donors (Lipinski definition) is 10. The minimum absolute atomic E-state index is 0.0247. The minimum atomic E-state index is -5.58. The molecule has 0 bridgehead atoms. The van der Waals surface area contributed by atoms with Crippen LogP contribution in [0.2, 0.25) is 0 Å². The van der Waals surface area contributed by atoms with E-state index in [4.69, 9.17) is 19.5 Å². The molecule has 8 atom stereocenters. The number of carbonyl (C=O) groups excluding carboxylic acids is 3. The number of rotatable bonds is 24. The number of carbonyl (C=O) groups is 3. The van der Waals surface area contributed by atoms with Gasteiger partial charge >= 0.3 is 23.5 Å². The molecule has 0 saturated carbocycles. The highest BCUT2D eigenvalue weighted by Crippen LogP contribution is 2.61. The number of nitrogens with two attached hydrogens (primary N) is 1. The third kappa shape index (κ3) is 16.4. The van der Waals surface area contributed by atoms with Gasteiger partial charge in [-0.1, -0.05) is 49.9 Å². The molecule has 2 aromatic rings. The molecule has 2 aromatic heterocycles. The van der Waals surface area contributed by atoms with E-state index in [0.717, 1.165) is 29.0 Å². The Bertz CT molecular complexity index is 1960. The quantitative estimate of drug-likeness (QED) is 0.0374. The second-order valence-electron chi connectivity index (χ2n) is 13.3. The highest BCUT2D eigenvalue weighted by molar-refractivity contribution is 8.13. The van der Waals surface area contributed by atoms with Gasteiger partial charge in [-0.15, -0.1) is 0 Å². The first kappa shape index (κ1) is 50.4. The molecule has 25 nitrogen and oxygen atoms in total. The number of phosphoric acid groups is 3. The van der Waals surface area contributed by atoms with Gasteiger partial charge in [-0.3, -0.25) is 32.5 Å². The molecule has 11 N–H and O–H groups in total. The van der Waals surface area contributed by atoms with Crippen molar-refractivity contribution in [1.82, 2.24) is 30.2 Å². The number of nitrogen functional groups attached to an aromatic ring is 1. The summed E-state index contributed by atoms with van der Waals surface area (Å²) in [5, 5.41) is 36.0. The monoisotopic (exact) mass is 919 g/mol. The Kier molecular flexibility index (Phi) is 18.9. The average Bonchev–Trinajstić information content (AvgIpc) is 3.70. The van der Waals surface area contributed by atoms with Crippen molar-refractivity contribution >= 4 is 69.1 Å². The summed E-state index contributed by atoms with van der Waals surface area (Å²) in [6, 6.07) is 0. The van der Waals surface area contributed by atoms with Gasteiger partial charge in [-0.25, -0.2) is 28.6 Å². The number of allylic oxidation sites excluding steroid dienone is 3. The maximum atomic E-state index is 12.7.